The van der Waals surface area contributed by atoms with Crippen LogP contribution in [-0.2, 0) is 5.41 Å². The maximum absolute atomic E-state index is 5.04. The van der Waals surface area contributed by atoms with Crippen LogP contribution in [0.15, 0.2) is 164 Å². The molecule has 1 heterocycles. The van der Waals surface area contributed by atoms with Crippen LogP contribution in [-0.4, -0.2) is 15.0 Å². The Bertz CT molecular complexity index is 2500. The van der Waals surface area contributed by atoms with Crippen molar-refractivity contribution in [1.82, 2.24) is 15.0 Å². The van der Waals surface area contributed by atoms with E-state index in [4.69, 9.17) is 15.0 Å². The summed E-state index contributed by atoms with van der Waals surface area (Å²) in [7, 11) is 0. The normalized spacial score (nSPS) is 12.9. The van der Waals surface area contributed by atoms with Gasteiger partial charge in [-0.25, -0.2) is 15.0 Å². The minimum atomic E-state index is -0.0681. The minimum absolute atomic E-state index is 0.0681. The topological polar surface area (TPSA) is 38.7 Å². The van der Waals surface area contributed by atoms with Crippen molar-refractivity contribution in [3.05, 3.63) is 175 Å². The molecule has 49 heavy (non-hydrogen) atoms. The van der Waals surface area contributed by atoms with E-state index < -0.39 is 0 Å². The minimum Gasteiger partial charge on any atom is -0.208 e. The van der Waals surface area contributed by atoms with Gasteiger partial charge >= 0.3 is 0 Å². The fourth-order valence-electron chi connectivity index (χ4n) is 7.52. The number of fused-ring (bicyclic) bond motifs is 5. The van der Waals surface area contributed by atoms with Gasteiger partial charge in [-0.05, 0) is 61.3 Å². The van der Waals surface area contributed by atoms with Gasteiger partial charge in [-0.1, -0.05) is 172 Å². The summed E-state index contributed by atoms with van der Waals surface area (Å²) in [5.41, 5.74) is 12.9. The molecule has 7 aromatic carbocycles. The summed E-state index contributed by atoms with van der Waals surface area (Å²) < 4.78 is 0. The van der Waals surface area contributed by atoms with Crippen molar-refractivity contribution in [2.24, 2.45) is 0 Å². The Morgan fingerprint density at radius 2 is 0.878 bits per heavy atom. The largest absolute Gasteiger partial charge is 0.208 e. The molecular weight excluding hydrogens is 595 g/mol. The second-order valence-electron chi connectivity index (χ2n) is 13.3. The van der Waals surface area contributed by atoms with Gasteiger partial charge in [-0.2, -0.15) is 0 Å². The van der Waals surface area contributed by atoms with Crippen LogP contribution in [0.2, 0.25) is 0 Å². The molecule has 0 aliphatic heterocycles. The Labute approximate surface area is 286 Å². The first-order chi connectivity index (χ1) is 24.0. The molecule has 0 bridgehead atoms. The van der Waals surface area contributed by atoms with Gasteiger partial charge in [0.25, 0.3) is 0 Å². The zero-order valence-electron chi connectivity index (χ0n) is 27.4. The SMILES string of the molecule is CC1(C)c2ccccc2-c2ccc3c(-c4ccc(-c5nc(-c6ccccc6)nc(-c6cccc(-c7ccccc7)c6)n5)cc4)cccc3c21. The summed E-state index contributed by atoms with van der Waals surface area (Å²) in [5.74, 6) is 1.95. The summed E-state index contributed by atoms with van der Waals surface area (Å²) in [6.45, 7) is 4.70. The van der Waals surface area contributed by atoms with Crippen LogP contribution in [0.4, 0.5) is 0 Å². The van der Waals surface area contributed by atoms with Crippen molar-refractivity contribution in [2.75, 3.05) is 0 Å². The molecule has 0 fully saturated rings. The predicted octanol–water partition coefficient (Wildman–Crippen LogP) is 11.7. The van der Waals surface area contributed by atoms with Gasteiger partial charge in [0.1, 0.15) is 0 Å². The van der Waals surface area contributed by atoms with E-state index in [-0.39, 0.29) is 5.41 Å². The molecule has 0 saturated heterocycles. The molecule has 0 spiro atoms. The average molecular weight is 628 g/mol. The van der Waals surface area contributed by atoms with Gasteiger partial charge < -0.3 is 0 Å². The Hall–Kier alpha value is -6.19. The highest BCUT2D eigenvalue weighted by Crippen LogP contribution is 2.52. The van der Waals surface area contributed by atoms with E-state index in [9.17, 15) is 0 Å². The molecule has 3 heteroatoms. The van der Waals surface area contributed by atoms with Crippen molar-refractivity contribution in [3.63, 3.8) is 0 Å². The van der Waals surface area contributed by atoms with Crippen LogP contribution in [0.3, 0.4) is 0 Å². The monoisotopic (exact) mass is 627 g/mol. The van der Waals surface area contributed by atoms with Gasteiger partial charge in [0.2, 0.25) is 0 Å². The maximum Gasteiger partial charge on any atom is 0.164 e. The lowest BCUT2D eigenvalue weighted by Gasteiger charge is -2.23. The number of rotatable bonds is 5. The van der Waals surface area contributed by atoms with Crippen LogP contribution < -0.4 is 0 Å². The lowest BCUT2D eigenvalue weighted by molar-refractivity contribution is 0.666. The molecule has 1 aliphatic rings. The van der Waals surface area contributed by atoms with Gasteiger partial charge in [-0.15, -0.1) is 0 Å². The number of benzene rings is 7. The van der Waals surface area contributed by atoms with Crippen molar-refractivity contribution in [2.45, 2.75) is 19.3 Å². The third kappa shape index (κ3) is 4.94. The van der Waals surface area contributed by atoms with Crippen molar-refractivity contribution >= 4 is 10.8 Å². The van der Waals surface area contributed by atoms with Crippen LogP contribution in [0.5, 0.6) is 0 Å². The van der Waals surface area contributed by atoms with E-state index in [1.54, 1.807) is 0 Å². The molecule has 0 atom stereocenters. The Balaban J connectivity index is 1.13. The van der Waals surface area contributed by atoms with Crippen LogP contribution >= 0.6 is 0 Å². The highest BCUT2D eigenvalue weighted by Gasteiger charge is 2.36. The van der Waals surface area contributed by atoms with E-state index in [0.29, 0.717) is 17.5 Å². The zero-order chi connectivity index (χ0) is 33.0. The van der Waals surface area contributed by atoms with Crippen molar-refractivity contribution < 1.29 is 0 Å². The first-order valence-electron chi connectivity index (χ1n) is 16.8. The predicted molar refractivity (Wildman–Crippen MR) is 202 cm³/mol. The second-order valence-corrected chi connectivity index (χ2v) is 13.3. The third-order valence-corrected chi connectivity index (χ3v) is 9.93. The first kappa shape index (κ1) is 29.0. The van der Waals surface area contributed by atoms with E-state index in [0.717, 1.165) is 33.4 Å². The average Bonchev–Trinajstić information content (AvgIpc) is 3.41. The van der Waals surface area contributed by atoms with E-state index in [2.05, 4.69) is 141 Å². The molecule has 0 amide bonds. The number of hydrogen-bond donors (Lipinski definition) is 0. The Morgan fingerprint density at radius 1 is 0.347 bits per heavy atom. The fraction of sp³-hybridized carbons (Fsp3) is 0.0652. The van der Waals surface area contributed by atoms with Crippen molar-refractivity contribution in [3.8, 4) is 67.5 Å². The fourth-order valence-corrected chi connectivity index (χ4v) is 7.52. The highest BCUT2D eigenvalue weighted by atomic mass is 15.0. The molecule has 9 rings (SSSR count). The quantitative estimate of drug-likeness (QED) is 0.191. The molecule has 1 aromatic heterocycles. The highest BCUT2D eigenvalue weighted by molar-refractivity contribution is 6.04. The van der Waals surface area contributed by atoms with Gasteiger partial charge in [0.15, 0.2) is 17.5 Å². The molecule has 0 saturated carbocycles. The van der Waals surface area contributed by atoms with Gasteiger partial charge in [0.05, 0.1) is 0 Å². The summed E-state index contributed by atoms with van der Waals surface area (Å²) >= 11 is 0. The molecule has 3 nitrogen and oxygen atoms in total. The van der Waals surface area contributed by atoms with Crippen LogP contribution in [0, 0.1) is 0 Å². The molecule has 0 unspecified atom stereocenters. The summed E-state index contributed by atoms with van der Waals surface area (Å²) in [6, 6.07) is 57.8. The second kappa shape index (κ2) is 11.5. The Morgan fingerprint density at radius 3 is 1.61 bits per heavy atom. The van der Waals surface area contributed by atoms with E-state index in [1.165, 1.54) is 38.6 Å². The summed E-state index contributed by atoms with van der Waals surface area (Å²) in [5, 5.41) is 2.58. The molecule has 232 valence electrons. The lowest BCUT2D eigenvalue weighted by Crippen LogP contribution is -2.15. The molecule has 0 radical (unpaired) electrons. The molecule has 8 aromatic rings. The smallest absolute Gasteiger partial charge is 0.164 e. The molecule has 1 aliphatic carbocycles. The van der Waals surface area contributed by atoms with E-state index >= 15 is 0 Å². The van der Waals surface area contributed by atoms with Gasteiger partial charge in [-0.3, -0.25) is 0 Å². The standard InChI is InChI=1S/C46H33N3/c1-46(2)41-22-10-9-19-38(41)40-28-27-37-36(20-12-21-39(37)42(40)46)31-23-25-33(26-24-31)44-47-43(32-15-7-4-8-16-32)48-45(49-44)35-18-11-17-34(29-35)30-13-5-3-6-14-30/h3-29H,1-2H3. The van der Waals surface area contributed by atoms with Gasteiger partial charge in [0, 0.05) is 22.1 Å². The number of hydrogen-bond acceptors (Lipinski definition) is 3. The molecule has 0 N–H and O–H groups in total. The summed E-state index contributed by atoms with van der Waals surface area (Å²) in [4.78, 5) is 15.0. The number of nitrogens with zero attached hydrogens (tertiary/aromatic N) is 3. The zero-order valence-corrected chi connectivity index (χ0v) is 27.4. The first-order valence-corrected chi connectivity index (χ1v) is 16.8. The lowest BCUT2D eigenvalue weighted by atomic mass is 9.79. The molecular formula is C46H33N3. The van der Waals surface area contributed by atoms with Crippen LogP contribution in [0.1, 0.15) is 25.0 Å². The van der Waals surface area contributed by atoms with E-state index in [1.807, 2.05) is 36.4 Å². The summed E-state index contributed by atoms with van der Waals surface area (Å²) in [6.07, 6.45) is 0. The Kier molecular flexibility index (Phi) is 6.80. The van der Waals surface area contributed by atoms with Crippen LogP contribution in [0.25, 0.3) is 78.3 Å². The number of aromatic nitrogens is 3. The third-order valence-electron chi connectivity index (χ3n) is 9.93. The van der Waals surface area contributed by atoms with Crippen molar-refractivity contribution in [1.29, 1.82) is 0 Å². The maximum atomic E-state index is 5.04.